The molecule has 3 rings (SSSR count). The molecule has 0 radical (unpaired) electrons. The number of hydrogen-bond donors (Lipinski definition) is 1. The van der Waals surface area contributed by atoms with Crippen LogP contribution in [0.3, 0.4) is 0 Å². The van der Waals surface area contributed by atoms with Gasteiger partial charge in [0.15, 0.2) is 5.69 Å². The van der Waals surface area contributed by atoms with Gasteiger partial charge in [0, 0.05) is 16.0 Å². The standard InChI is InChI=1S/C15H9Cl3N2O2S/c1-7-13(15(21)22)19-20(11-3-2-8(16)4-10(11)18)14(7)12-5-9(17)6-23-12/h2-6H,1H3,(H,21,22). The van der Waals surface area contributed by atoms with Crippen molar-refractivity contribution in [2.45, 2.75) is 6.92 Å². The van der Waals surface area contributed by atoms with Crippen molar-refractivity contribution in [3.05, 3.63) is 56.0 Å². The third-order valence-electron chi connectivity index (χ3n) is 3.26. The van der Waals surface area contributed by atoms with Crippen LogP contribution >= 0.6 is 46.1 Å². The molecule has 0 fully saturated rings. The van der Waals surface area contributed by atoms with E-state index in [2.05, 4.69) is 5.10 Å². The predicted molar refractivity (Wildman–Crippen MR) is 93.6 cm³/mol. The molecule has 0 aliphatic heterocycles. The summed E-state index contributed by atoms with van der Waals surface area (Å²) in [5.41, 5.74) is 1.70. The van der Waals surface area contributed by atoms with Gasteiger partial charge in [-0.1, -0.05) is 34.8 Å². The lowest BCUT2D eigenvalue weighted by Gasteiger charge is -2.09. The van der Waals surface area contributed by atoms with Gasteiger partial charge in [0.2, 0.25) is 0 Å². The summed E-state index contributed by atoms with van der Waals surface area (Å²) in [5, 5.41) is 16.8. The molecule has 0 spiro atoms. The van der Waals surface area contributed by atoms with Gasteiger partial charge in [0.25, 0.3) is 0 Å². The van der Waals surface area contributed by atoms with Crippen LogP contribution in [0.4, 0.5) is 0 Å². The van der Waals surface area contributed by atoms with E-state index < -0.39 is 5.97 Å². The van der Waals surface area contributed by atoms with Crippen molar-refractivity contribution >= 4 is 52.1 Å². The zero-order valence-electron chi connectivity index (χ0n) is 11.7. The number of hydrogen-bond acceptors (Lipinski definition) is 3. The summed E-state index contributed by atoms with van der Waals surface area (Å²) >= 11 is 19.6. The molecule has 2 aromatic heterocycles. The van der Waals surface area contributed by atoms with E-state index in [1.807, 2.05) is 0 Å². The van der Waals surface area contributed by atoms with E-state index in [-0.39, 0.29) is 5.69 Å². The van der Waals surface area contributed by atoms with Crippen LogP contribution in [0.1, 0.15) is 16.1 Å². The minimum Gasteiger partial charge on any atom is -0.476 e. The Labute approximate surface area is 150 Å². The van der Waals surface area contributed by atoms with Gasteiger partial charge in [0.1, 0.15) is 0 Å². The van der Waals surface area contributed by atoms with Gasteiger partial charge in [-0.15, -0.1) is 11.3 Å². The highest BCUT2D eigenvalue weighted by atomic mass is 35.5. The Morgan fingerprint density at radius 3 is 2.52 bits per heavy atom. The summed E-state index contributed by atoms with van der Waals surface area (Å²) in [7, 11) is 0. The zero-order chi connectivity index (χ0) is 16.7. The number of aromatic carboxylic acids is 1. The van der Waals surface area contributed by atoms with Crippen LogP contribution in [-0.2, 0) is 0 Å². The minimum absolute atomic E-state index is 0.0319. The van der Waals surface area contributed by atoms with Crippen LogP contribution in [-0.4, -0.2) is 20.9 Å². The summed E-state index contributed by atoms with van der Waals surface area (Å²) in [6.07, 6.45) is 0. The largest absolute Gasteiger partial charge is 0.476 e. The first-order valence-corrected chi connectivity index (χ1v) is 8.42. The van der Waals surface area contributed by atoms with Crippen LogP contribution in [0, 0.1) is 6.92 Å². The van der Waals surface area contributed by atoms with Crippen LogP contribution in [0.5, 0.6) is 0 Å². The van der Waals surface area contributed by atoms with E-state index >= 15 is 0 Å². The monoisotopic (exact) mass is 386 g/mol. The Morgan fingerprint density at radius 2 is 1.96 bits per heavy atom. The Hall–Kier alpha value is -1.53. The summed E-state index contributed by atoms with van der Waals surface area (Å²) in [6, 6.07) is 6.72. The van der Waals surface area contributed by atoms with Gasteiger partial charge < -0.3 is 5.11 Å². The number of carboxylic acids is 1. The van der Waals surface area contributed by atoms with Gasteiger partial charge in [0.05, 0.1) is 26.3 Å². The fraction of sp³-hybridized carbons (Fsp3) is 0.0667. The van der Waals surface area contributed by atoms with E-state index in [1.54, 1.807) is 36.6 Å². The molecule has 0 atom stereocenters. The molecule has 0 saturated heterocycles. The molecule has 0 saturated carbocycles. The van der Waals surface area contributed by atoms with Crippen LogP contribution in [0.2, 0.25) is 15.1 Å². The molecular formula is C15H9Cl3N2O2S. The topological polar surface area (TPSA) is 55.1 Å². The number of thiophene rings is 1. The van der Waals surface area contributed by atoms with E-state index in [0.717, 1.165) is 4.88 Å². The summed E-state index contributed by atoms with van der Waals surface area (Å²) in [4.78, 5) is 12.2. The third-order valence-corrected chi connectivity index (χ3v) is 5.09. The Balaban J connectivity index is 2.31. The van der Waals surface area contributed by atoms with Gasteiger partial charge in [-0.3, -0.25) is 0 Å². The first-order chi connectivity index (χ1) is 10.9. The maximum Gasteiger partial charge on any atom is 0.356 e. The summed E-state index contributed by atoms with van der Waals surface area (Å²) < 4.78 is 1.51. The van der Waals surface area contributed by atoms with Gasteiger partial charge >= 0.3 is 5.97 Å². The molecule has 118 valence electrons. The molecular weight excluding hydrogens is 379 g/mol. The molecule has 0 aliphatic rings. The highest BCUT2D eigenvalue weighted by Crippen LogP contribution is 2.36. The Bertz CT molecular complexity index is 918. The van der Waals surface area contributed by atoms with Crippen molar-refractivity contribution in [3.8, 4) is 16.3 Å². The number of carbonyl (C=O) groups is 1. The van der Waals surface area contributed by atoms with Gasteiger partial charge in [-0.2, -0.15) is 5.10 Å². The number of rotatable bonds is 3. The molecule has 0 unspecified atom stereocenters. The lowest BCUT2D eigenvalue weighted by atomic mass is 10.1. The van der Waals surface area contributed by atoms with Crippen molar-refractivity contribution in [3.63, 3.8) is 0 Å². The summed E-state index contributed by atoms with van der Waals surface area (Å²) in [6.45, 7) is 1.71. The maximum atomic E-state index is 11.4. The summed E-state index contributed by atoms with van der Waals surface area (Å²) in [5.74, 6) is -1.10. The molecule has 0 amide bonds. The van der Waals surface area contributed by atoms with E-state index in [4.69, 9.17) is 34.8 Å². The molecule has 0 bridgehead atoms. The highest BCUT2D eigenvalue weighted by Gasteiger charge is 2.23. The number of benzene rings is 1. The zero-order valence-corrected chi connectivity index (χ0v) is 14.8. The lowest BCUT2D eigenvalue weighted by molar-refractivity contribution is 0.0689. The second kappa shape index (κ2) is 6.17. The first kappa shape index (κ1) is 16.3. The molecule has 1 N–H and O–H groups in total. The smallest absolute Gasteiger partial charge is 0.356 e. The third kappa shape index (κ3) is 2.97. The number of carboxylic acid groups (broad SMARTS) is 1. The number of aromatic nitrogens is 2. The SMILES string of the molecule is Cc1c(C(=O)O)nn(-c2ccc(Cl)cc2Cl)c1-c1cc(Cl)cs1. The van der Waals surface area contributed by atoms with Crippen molar-refractivity contribution in [2.24, 2.45) is 0 Å². The van der Waals surface area contributed by atoms with Crippen molar-refractivity contribution in [1.82, 2.24) is 9.78 Å². The molecule has 0 aliphatic carbocycles. The highest BCUT2D eigenvalue weighted by molar-refractivity contribution is 7.14. The molecule has 8 heteroatoms. The average Bonchev–Trinajstić information content (AvgIpc) is 3.02. The lowest BCUT2D eigenvalue weighted by Crippen LogP contribution is -2.02. The van der Waals surface area contributed by atoms with Gasteiger partial charge in [-0.05, 0) is 31.2 Å². The van der Waals surface area contributed by atoms with Crippen LogP contribution in [0.15, 0.2) is 29.6 Å². The Kier molecular flexibility index (Phi) is 4.38. The fourth-order valence-corrected chi connectivity index (χ4v) is 3.90. The van der Waals surface area contributed by atoms with Gasteiger partial charge in [-0.25, -0.2) is 9.48 Å². The molecule has 4 nitrogen and oxygen atoms in total. The maximum absolute atomic E-state index is 11.4. The number of halogens is 3. The second-order valence-corrected chi connectivity index (χ2v) is 6.96. The second-order valence-electron chi connectivity index (χ2n) is 4.76. The molecule has 23 heavy (non-hydrogen) atoms. The molecule has 3 aromatic rings. The minimum atomic E-state index is -1.10. The van der Waals surface area contributed by atoms with Crippen LogP contribution in [0.25, 0.3) is 16.3 Å². The number of nitrogens with zero attached hydrogens (tertiary/aromatic N) is 2. The van der Waals surface area contributed by atoms with Crippen molar-refractivity contribution < 1.29 is 9.90 Å². The van der Waals surface area contributed by atoms with E-state index in [1.165, 1.54) is 16.0 Å². The quantitative estimate of drug-likeness (QED) is 0.639. The predicted octanol–water partition coefficient (Wildman–Crippen LogP) is 5.57. The van der Waals surface area contributed by atoms with E-state index in [0.29, 0.717) is 32.0 Å². The van der Waals surface area contributed by atoms with Crippen molar-refractivity contribution in [2.75, 3.05) is 0 Å². The first-order valence-electron chi connectivity index (χ1n) is 6.41. The van der Waals surface area contributed by atoms with E-state index in [9.17, 15) is 9.90 Å². The molecule has 2 heterocycles. The van der Waals surface area contributed by atoms with Crippen LogP contribution < -0.4 is 0 Å². The average molecular weight is 388 g/mol. The van der Waals surface area contributed by atoms with Crippen molar-refractivity contribution in [1.29, 1.82) is 0 Å². The molecule has 1 aromatic carbocycles. The Morgan fingerprint density at radius 1 is 1.22 bits per heavy atom. The normalized spacial score (nSPS) is 11.0. The fourth-order valence-electron chi connectivity index (χ4n) is 2.25.